The molecule has 1 aliphatic rings. The number of nitrogens with two attached hydrogens (primary N) is 1. The van der Waals surface area contributed by atoms with Crippen LogP contribution < -0.4 is 10.5 Å². The van der Waals surface area contributed by atoms with Crippen LogP contribution in [-0.2, 0) is 5.54 Å². The van der Waals surface area contributed by atoms with Crippen LogP contribution >= 0.6 is 0 Å². The molecule has 0 spiro atoms. The molecule has 1 aliphatic carbocycles. The molecule has 5 heteroatoms. The van der Waals surface area contributed by atoms with Gasteiger partial charge in [0.05, 0.1) is 24.5 Å². The average molecular weight is 247 g/mol. The Kier molecular flexibility index (Phi) is 2.38. The highest BCUT2D eigenvalue weighted by Crippen LogP contribution is 2.42. The first-order valence-corrected chi connectivity index (χ1v) is 5.81. The van der Waals surface area contributed by atoms with Crippen molar-refractivity contribution < 1.29 is 9.13 Å². The summed E-state index contributed by atoms with van der Waals surface area (Å²) in [7, 11) is 1.55. The van der Waals surface area contributed by atoms with Gasteiger partial charge in [-0.25, -0.2) is 9.37 Å². The van der Waals surface area contributed by atoms with Crippen LogP contribution in [0.4, 0.5) is 4.39 Å². The van der Waals surface area contributed by atoms with E-state index in [1.165, 1.54) is 12.1 Å². The summed E-state index contributed by atoms with van der Waals surface area (Å²) in [6.07, 6.45) is 3.53. The molecule has 0 saturated heterocycles. The number of benzene rings is 1. The molecular formula is C13H14FN3O. The van der Waals surface area contributed by atoms with Crippen molar-refractivity contribution in [2.45, 2.75) is 18.4 Å². The van der Waals surface area contributed by atoms with Gasteiger partial charge in [0, 0.05) is 5.56 Å². The molecule has 3 N–H and O–H groups in total. The number of nitrogens with zero attached hydrogens (tertiary/aromatic N) is 1. The van der Waals surface area contributed by atoms with Crippen molar-refractivity contribution >= 4 is 0 Å². The Labute approximate surface area is 104 Å². The summed E-state index contributed by atoms with van der Waals surface area (Å²) in [5, 5.41) is 0. The van der Waals surface area contributed by atoms with E-state index in [9.17, 15) is 4.39 Å². The number of aromatic nitrogens is 2. The molecule has 1 saturated carbocycles. The van der Waals surface area contributed by atoms with Crippen molar-refractivity contribution in [2.24, 2.45) is 5.73 Å². The number of ether oxygens (including phenoxy) is 1. The van der Waals surface area contributed by atoms with Gasteiger partial charge in [-0.3, -0.25) is 0 Å². The maximum Gasteiger partial charge on any atom is 0.128 e. The quantitative estimate of drug-likeness (QED) is 0.873. The van der Waals surface area contributed by atoms with Gasteiger partial charge in [0.15, 0.2) is 0 Å². The molecule has 18 heavy (non-hydrogen) atoms. The minimum absolute atomic E-state index is 0.309. The fourth-order valence-corrected chi connectivity index (χ4v) is 1.97. The molecule has 3 rings (SSSR count). The third-order valence-electron chi connectivity index (χ3n) is 3.29. The van der Waals surface area contributed by atoms with Gasteiger partial charge in [0.25, 0.3) is 0 Å². The summed E-state index contributed by atoms with van der Waals surface area (Å²) >= 11 is 0. The van der Waals surface area contributed by atoms with E-state index in [4.69, 9.17) is 10.5 Å². The van der Waals surface area contributed by atoms with E-state index < -0.39 is 0 Å². The van der Waals surface area contributed by atoms with E-state index in [0.717, 1.165) is 24.4 Å². The summed E-state index contributed by atoms with van der Waals surface area (Å²) in [6, 6.07) is 4.39. The van der Waals surface area contributed by atoms with Gasteiger partial charge in [0.1, 0.15) is 17.4 Å². The lowest BCUT2D eigenvalue weighted by Crippen LogP contribution is -2.20. The molecule has 0 amide bonds. The van der Waals surface area contributed by atoms with Crippen LogP contribution in [0.2, 0.25) is 0 Å². The van der Waals surface area contributed by atoms with Crippen LogP contribution in [0.1, 0.15) is 18.7 Å². The zero-order valence-electron chi connectivity index (χ0n) is 10.0. The van der Waals surface area contributed by atoms with Crippen LogP contribution in [0.25, 0.3) is 11.3 Å². The lowest BCUT2D eigenvalue weighted by molar-refractivity contribution is 0.415. The predicted molar refractivity (Wildman–Crippen MR) is 65.6 cm³/mol. The molecule has 0 aliphatic heterocycles. The molecule has 1 heterocycles. The molecule has 4 nitrogen and oxygen atoms in total. The number of hydrogen-bond acceptors (Lipinski definition) is 3. The zero-order valence-corrected chi connectivity index (χ0v) is 10.0. The number of rotatable bonds is 3. The Hall–Kier alpha value is -1.88. The molecule has 0 radical (unpaired) electrons. The van der Waals surface area contributed by atoms with Crippen molar-refractivity contribution in [3.8, 4) is 17.0 Å². The third kappa shape index (κ3) is 1.76. The third-order valence-corrected chi connectivity index (χ3v) is 3.29. The summed E-state index contributed by atoms with van der Waals surface area (Å²) in [5.41, 5.74) is 7.11. The van der Waals surface area contributed by atoms with Gasteiger partial charge in [-0.1, -0.05) is 0 Å². The van der Waals surface area contributed by atoms with E-state index in [1.54, 1.807) is 19.4 Å². The molecule has 1 aromatic heterocycles. The number of methoxy groups -OCH3 is 1. The summed E-state index contributed by atoms with van der Waals surface area (Å²) in [5.74, 6) is 1.05. The van der Waals surface area contributed by atoms with Crippen LogP contribution in [0, 0.1) is 5.82 Å². The summed E-state index contributed by atoms with van der Waals surface area (Å²) in [4.78, 5) is 7.42. The second-order valence-corrected chi connectivity index (χ2v) is 4.65. The summed E-state index contributed by atoms with van der Waals surface area (Å²) < 4.78 is 18.5. The van der Waals surface area contributed by atoms with Gasteiger partial charge in [0.2, 0.25) is 0 Å². The molecule has 0 atom stereocenters. The first-order chi connectivity index (χ1) is 8.62. The number of hydrogen-bond donors (Lipinski definition) is 2. The van der Waals surface area contributed by atoms with Gasteiger partial charge in [-0.05, 0) is 31.0 Å². The first kappa shape index (κ1) is 11.2. The second-order valence-electron chi connectivity index (χ2n) is 4.65. The van der Waals surface area contributed by atoms with Crippen LogP contribution in [0.5, 0.6) is 5.75 Å². The molecule has 0 bridgehead atoms. The smallest absolute Gasteiger partial charge is 0.128 e. The fourth-order valence-electron chi connectivity index (χ4n) is 1.97. The van der Waals surface area contributed by atoms with Crippen LogP contribution in [-0.4, -0.2) is 17.1 Å². The molecular weight excluding hydrogens is 233 g/mol. The highest BCUT2D eigenvalue weighted by molar-refractivity contribution is 5.67. The molecule has 2 aromatic rings. The lowest BCUT2D eigenvalue weighted by Gasteiger charge is -2.07. The largest absolute Gasteiger partial charge is 0.496 e. The molecule has 0 unspecified atom stereocenters. The Morgan fingerprint density at radius 2 is 2.22 bits per heavy atom. The van der Waals surface area contributed by atoms with Crippen molar-refractivity contribution in [1.29, 1.82) is 0 Å². The van der Waals surface area contributed by atoms with Crippen LogP contribution in [0.15, 0.2) is 24.4 Å². The molecule has 94 valence electrons. The number of halogens is 1. The monoisotopic (exact) mass is 247 g/mol. The van der Waals surface area contributed by atoms with Crippen molar-refractivity contribution in [3.05, 3.63) is 36.0 Å². The number of aromatic amines is 1. The highest BCUT2D eigenvalue weighted by Gasteiger charge is 2.42. The minimum Gasteiger partial charge on any atom is -0.496 e. The summed E-state index contributed by atoms with van der Waals surface area (Å²) in [6.45, 7) is 0. The van der Waals surface area contributed by atoms with E-state index in [2.05, 4.69) is 9.97 Å². The van der Waals surface area contributed by atoms with Crippen molar-refractivity contribution in [3.63, 3.8) is 0 Å². The van der Waals surface area contributed by atoms with Gasteiger partial charge in [-0.15, -0.1) is 0 Å². The Bertz CT molecular complexity index is 590. The zero-order chi connectivity index (χ0) is 12.8. The number of H-pyrrole nitrogens is 1. The standard InChI is InChI=1S/C13H14FN3O/c1-18-11-3-2-8(14)6-9(11)10-7-16-12(17-10)13(15)4-5-13/h2-3,6-7H,4-5,15H2,1H3,(H,16,17). The average Bonchev–Trinajstić information content (AvgIpc) is 2.94. The fraction of sp³-hybridized carbons (Fsp3) is 0.308. The van der Waals surface area contributed by atoms with Crippen molar-refractivity contribution in [2.75, 3.05) is 7.11 Å². The van der Waals surface area contributed by atoms with Gasteiger partial charge < -0.3 is 15.5 Å². The topological polar surface area (TPSA) is 63.9 Å². The van der Waals surface area contributed by atoms with Crippen molar-refractivity contribution in [1.82, 2.24) is 9.97 Å². The van der Waals surface area contributed by atoms with E-state index in [-0.39, 0.29) is 11.4 Å². The SMILES string of the molecule is COc1ccc(F)cc1-c1cnc(C2(N)CC2)[nH]1. The van der Waals surface area contributed by atoms with E-state index >= 15 is 0 Å². The normalized spacial score (nSPS) is 16.6. The second kappa shape index (κ2) is 3.81. The van der Waals surface area contributed by atoms with Gasteiger partial charge >= 0.3 is 0 Å². The number of nitrogens with one attached hydrogen (secondary N) is 1. The van der Waals surface area contributed by atoms with Gasteiger partial charge in [-0.2, -0.15) is 0 Å². The van der Waals surface area contributed by atoms with E-state index in [0.29, 0.717) is 11.3 Å². The number of imidazole rings is 1. The molecule has 1 fully saturated rings. The lowest BCUT2D eigenvalue weighted by atomic mass is 10.1. The Balaban J connectivity index is 2.04. The Morgan fingerprint density at radius 1 is 1.44 bits per heavy atom. The molecule has 1 aromatic carbocycles. The van der Waals surface area contributed by atoms with E-state index in [1.807, 2.05) is 0 Å². The highest BCUT2D eigenvalue weighted by atomic mass is 19.1. The maximum absolute atomic E-state index is 13.3. The predicted octanol–water partition coefficient (Wildman–Crippen LogP) is 2.17. The minimum atomic E-state index is -0.321. The van der Waals surface area contributed by atoms with Crippen LogP contribution in [0.3, 0.4) is 0 Å². The first-order valence-electron chi connectivity index (χ1n) is 5.81. The Morgan fingerprint density at radius 3 is 2.89 bits per heavy atom. The maximum atomic E-state index is 13.3.